The number of hydrogen-bond acceptors (Lipinski definition) is 2. The van der Waals surface area contributed by atoms with Crippen LogP contribution in [0.15, 0.2) is 79.5 Å². The number of hydrogen-bond donors (Lipinski definition) is 1. The van der Waals surface area contributed by atoms with Crippen LogP contribution in [0.2, 0.25) is 5.02 Å². The molecule has 0 radical (unpaired) electrons. The lowest BCUT2D eigenvalue weighted by Gasteiger charge is -2.19. The molecular formula is C27H20ClF2NO2. The van der Waals surface area contributed by atoms with Crippen molar-refractivity contribution in [1.82, 2.24) is 4.98 Å². The zero-order valence-electron chi connectivity index (χ0n) is 17.8. The van der Waals surface area contributed by atoms with Crippen molar-refractivity contribution >= 4 is 39.6 Å². The van der Waals surface area contributed by atoms with Gasteiger partial charge in [0.05, 0.1) is 10.5 Å². The van der Waals surface area contributed by atoms with Crippen LogP contribution in [0.25, 0.3) is 22.0 Å². The molecule has 0 atom stereocenters. The number of fused-ring (bicyclic) bond motifs is 1. The Bertz CT molecular complexity index is 1400. The topological polar surface area (TPSA) is 42.1 Å². The van der Waals surface area contributed by atoms with Crippen molar-refractivity contribution in [2.75, 3.05) is 0 Å². The fourth-order valence-electron chi connectivity index (χ4n) is 3.91. The van der Waals surface area contributed by atoms with Crippen LogP contribution in [-0.2, 0) is 4.79 Å². The molecule has 0 saturated carbocycles. The molecule has 4 aromatic rings. The highest BCUT2D eigenvalue weighted by molar-refractivity contribution is 6.32. The van der Waals surface area contributed by atoms with Crippen molar-refractivity contribution in [3.8, 4) is 5.75 Å². The molecule has 1 aromatic heterocycles. The Kier molecular flexibility index (Phi) is 6.43. The fourth-order valence-corrected chi connectivity index (χ4v) is 4.19. The second kappa shape index (κ2) is 9.43. The first-order chi connectivity index (χ1) is 15.9. The third-order valence-corrected chi connectivity index (χ3v) is 5.66. The van der Waals surface area contributed by atoms with Gasteiger partial charge >= 0.3 is 5.97 Å². The van der Waals surface area contributed by atoms with E-state index in [4.69, 9.17) is 16.3 Å². The fraction of sp³-hybridized carbons (Fsp3) is 0.0741. The molecule has 3 nitrogen and oxygen atoms in total. The van der Waals surface area contributed by atoms with Crippen LogP contribution in [0.1, 0.15) is 30.0 Å². The summed E-state index contributed by atoms with van der Waals surface area (Å²) in [7, 11) is 0. The lowest BCUT2D eigenvalue weighted by molar-refractivity contribution is -0.128. The van der Waals surface area contributed by atoms with E-state index in [-0.39, 0.29) is 10.8 Å². The average Bonchev–Trinajstić information content (AvgIpc) is 3.28. The highest BCUT2D eigenvalue weighted by Gasteiger charge is 2.21. The summed E-state index contributed by atoms with van der Waals surface area (Å²) in [5.41, 5.74) is 3.51. The summed E-state index contributed by atoms with van der Waals surface area (Å²) in [5.74, 6) is -1.21. The monoisotopic (exact) mass is 463 g/mol. The van der Waals surface area contributed by atoms with Gasteiger partial charge in [-0.25, -0.2) is 13.6 Å². The standard InChI is InChI=1S/C27H20ClF2NO2/c1-3-19(20-10-9-18(29)15-22(20)28)26(17-13-16-11-12-31-27(16)23(30)14-17)21-7-5-6-8-24(21)33-25(32)4-2/h4-15,31H,2-3H2,1H3/b26-19+. The molecule has 0 spiro atoms. The molecule has 0 aliphatic heterocycles. The molecular weight excluding hydrogens is 444 g/mol. The highest BCUT2D eigenvalue weighted by Crippen LogP contribution is 2.41. The molecule has 0 fully saturated rings. The number of aromatic nitrogens is 1. The van der Waals surface area contributed by atoms with Gasteiger partial charge in [0.2, 0.25) is 0 Å². The zero-order chi connectivity index (χ0) is 23.5. The lowest BCUT2D eigenvalue weighted by Crippen LogP contribution is -2.06. The van der Waals surface area contributed by atoms with Gasteiger partial charge in [-0.05, 0) is 65.1 Å². The largest absolute Gasteiger partial charge is 0.423 e. The Morgan fingerprint density at radius 3 is 2.61 bits per heavy atom. The van der Waals surface area contributed by atoms with Gasteiger partial charge in [0, 0.05) is 23.2 Å². The molecule has 3 aromatic carbocycles. The quantitative estimate of drug-likeness (QED) is 0.139. The van der Waals surface area contributed by atoms with E-state index in [0.29, 0.717) is 39.6 Å². The summed E-state index contributed by atoms with van der Waals surface area (Å²) in [6, 6.07) is 16.2. The number of halogens is 3. The molecule has 0 saturated heterocycles. The number of H-pyrrole nitrogens is 1. The number of carbonyl (C=O) groups is 1. The molecule has 0 amide bonds. The van der Waals surface area contributed by atoms with Crippen molar-refractivity contribution in [3.63, 3.8) is 0 Å². The van der Waals surface area contributed by atoms with Crippen molar-refractivity contribution < 1.29 is 18.3 Å². The lowest BCUT2D eigenvalue weighted by atomic mass is 9.87. The summed E-state index contributed by atoms with van der Waals surface area (Å²) < 4.78 is 34.3. The van der Waals surface area contributed by atoms with E-state index in [1.54, 1.807) is 42.6 Å². The number of ether oxygens (including phenoxy) is 1. The number of para-hydroxylation sites is 1. The van der Waals surface area contributed by atoms with Crippen molar-refractivity contribution in [2.24, 2.45) is 0 Å². The van der Waals surface area contributed by atoms with Gasteiger partial charge in [-0.2, -0.15) is 0 Å². The normalized spacial score (nSPS) is 11.9. The number of benzene rings is 3. The van der Waals surface area contributed by atoms with Gasteiger partial charge < -0.3 is 9.72 Å². The maximum atomic E-state index is 15.0. The molecule has 0 aliphatic carbocycles. The van der Waals surface area contributed by atoms with Gasteiger partial charge in [0.25, 0.3) is 0 Å². The zero-order valence-corrected chi connectivity index (χ0v) is 18.5. The van der Waals surface area contributed by atoms with E-state index in [9.17, 15) is 13.6 Å². The third-order valence-electron chi connectivity index (χ3n) is 5.35. The minimum atomic E-state index is -0.619. The smallest absolute Gasteiger partial charge is 0.335 e. The first-order valence-electron chi connectivity index (χ1n) is 10.3. The average molecular weight is 464 g/mol. The summed E-state index contributed by atoms with van der Waals surface area (Å²) in [5, 5.41) is 0.914. The van der Waals surface area contributed by atoms with Crippen LogP contribution in [0.5, 0.6) is 5.75 Å². The summed E-state index contributed by atoms with van der Waals surface area (Å²) in [4.78, 5) is 14.9. The van der Waals surface area contributed by atoms with Gasteiger partial charge in [0.1, 0.15) is 17.4 Å². The predicted molar refractivity (Wildman–Crippen MR) is 128 cm³/mol. The van der Waals surface area contributed by atoms with Gasteiger partial charge in [0.15, 0.2) is 0 Å². The van der Waals surface area contributed by atoms with Crippen molar-refractivity contribution in [3.05, 3.63) is 113 Å². The van der Waals surface area contributed by atoms with E-state index < -0.39 is 17.6 Å². The maximum absolute atomic E-state index is 15.0. The number of nitrogens with one attached hydrogen (secondary N) is 1. The Morgan fingerprint density at radius 1 is 1.09 bits per heavy atom. The maximum Gasteiger partial charge on any atom is 0.335 e. The second-order valence-corrected chi connectivity index (χ2v) is 7.76. The Balaban J connectivity index is 2.08. The van der Waals surface area contributed by atoms with Crippen LogP contribution in [-0.4, -0.2) is 11.0 Å². The van der Waals surface area contributed by atoms with Gasteiger partial charge in [-0.3, -0.25) is 0 Å². The van der Waals surface area contributed by atoms with Crippen LogP contribution in [0, 0.1) is 11.6 Å². The number of carbonyl (C=O) groups excluding carboxylic acids is 1. The molecule has 0 bridgehead atoms. The van der Waals surface area contributed by atoms with Crippen LogP contribution >= 0.6 is 11.6 Å². The number of aromatic amines is 1. The number of allylic oxidation sites excluding steroid dienone is 1. The van der Waals surface area contributed by atoms with Crippen molar-refractivity contribution in [2.45, 2.75) is 13.3 Å². The number of esters is 1. The molecule has 33 heavy (non-hydrogen) atoms. The Morgan fingerprint density at radius 2 is 1.88 bits per heavy atom. The van der Waals surface area contributed by atoms with E-state index in [1.807, 2.05) is 13.0 Å². The first-order valence-corrected chi connectivity index (χ1v) is 10.7. The van der Waals surface area contributed by atoms with Crippen LogP contribution < -0.4 is 4.74 Å². The molecule has 0 aliphatic rings. The van der Waals surface area contributed by atoms with Gasteiger partial charge in [-0.15, -0.1) is 0 Å². The summed E-state index contributed by atoms with van der Waals surface area (Å²) in [6.45, 7) is 5.38. The Hall–Kier alpha value is -3.70. The molecule has 0 unspecified atom stereocenters. The van der Waals surface area contributed by atoms with E-state index >= 15 is 0 Å². The number of rotatable bonds is 6. The SMILES string of the molecule is C=CC(=O)Oc1ccccc1/C(=C(\CC)c1ccc(F)cc1Cl)c1cc(F)c2[nH]ccc2c1. The highest BCUT2D eigenvalue weighted by atomic mass is 35.5. The van der Waals surface area contributed by atoms with Crippen LogP contribution in [0.4, 0.5) is 8.78 Å². The third kappa shape index (κ3) is 4.45. The molecule has 1 heterocycles. The molecule has 166 valence electrons. The van der Waals surface area contributed by atoms with E-state index in [0.717, 1.165) is 11.6 Å². The van der Waals surface area contributed by atoms with E-state index in [1.165, 1.54) is 18.2 Å². The second-order valence-electron chi connectivity index (χ2n) is 7.35. The minimum Gasteiger partial charge on any atom is -0.423 e. The first kappa shape index (κ1) is 22.5. The predicted octanol–water partition coefficient (Wildman–Crippen LogP) is 7.56. The molecule has 1 N–H and O–H groups in total. The van der Waals surface area contributed by atoms with Crippen molar-refractivity contribution in [1.29, 1.82) is 0 Å². The van der Waals surface area contributed by atoms with Crippen LogP contribution in [0.3, 0.4) is 0 Å². The summed E-state index contributed by atoms with van der Waals surface area (Å²) >= 11 is 6.43. The summed E-state index contributed by atoms with van der Waals surface area (Å²) in [6.07, 6.45) is 3.23. The minimum absolute atomic E-state index is 0.230. The molecule has 4 rings (SSSR count). The van der Waals surface area contributed by atoms with Gasteiger partial charge in [-0.1, -0.05) is 49.4 Å². The Labute approximate surface area is 195 Å². The van der Waals surface area contributed by atoms with E-state index in [2.05, 4.69) is 11.6 Å². The molecule has 6 heteroatoms.